The minimum absolute atomic E-state index is 0.138. The average Bonchev–Trinajstić information content (AvgIpc) is 2.14. The van der Waals surface area contributed by atoms with Crippen molar-refractivity contribution in [3.8, 4) is 0 Å². The van der Waals surface area contributed by atoms with Gasteiger partial charge in [0.05, 0.1) is 19.6 Å². The summed E-state index contributed by atoms with van der Waals surface area (Å²) in [7, 11) is 0. The Hall–Kier alpha value is -1.42. The summed E-state index contributed by atoms with van der Waals surface area (Å²) in [5, 5.41) is 9.03. The fourth-order valence-electron chi connectivity index (χ4n) is 2.47. The number of carboxylic acid groups (broad SMARTS) is 1. The summed E-state index contributed by atoms with van der Waals surface area (Å²) in [6, 6.07) is 3.90. The van der Waals surface area contributed by atoms with Crippen LogP contribution in [0.1, 0.15) is 25.8 Å². The molecule has 2 heterocycles. The van der Waals surface area contributed by atoms with E-state index in [2.05, 4.69) is 4.98 Å². The van der Waals surface area contributed by atoms with Gasteiger partial charge in [-0.05, 0) is 23.1 Å². The number of nitrogens with zero attached hydrogens (tertiary/aromatic N) is 1. The Bertz CT molecular complexity index is 410. The number of aromatic nitrogens is 1. The highest BCUT2D eigenvalue weighted by molar-refractivity contribution is 5.68. The van der Waals surface area contributed by atoms with Crippen molar-refractivity contribution in [1.82, 2.24) is 4.98 Å². The van der Waals surface area contributed by atoms with E-state index < -0.39 is 5.97 Å². The van der Waals surface area contributed by atoms with Gasteiger partial charge < -0.3 is 9.84 Å². The van der Waals surface area contributed by atoms with Gasteiger partial charge in [-0.15, -0.1) is 0 Å². The van der Waals surface area contributed by atoms with E-state index in [4.69, 9.17) is 9.84 Å². The van der Waals surface area contributed by atoms with Crippen LogP contribution in [0.5, 0.6) is 0 Å². The second kappa shape index (κ2) is 4.11. The van der Waals surface area contributed by atoms with Crippen LogP contribution in [0.3, 0.4) is 0 Å². The number of pyridine rings is 1. The largest absolute Gasteiger partial charge is 0.481 e. The quantitative estimate of drug-likeness (QED) is 0.865. The van der Waals surface area contributed by atoms with E-state index >= 15 is 0 Å². The molecule has 1 saturated heterocycles. The summed E-state index contributed by atoms with van der Waals surface area (Å²) in [5.41, 5.74) is 0.581. The Labute approximate surface area is 101 Å². The van der Waals surface area contributed by atoms with Crippen LogP contribution >= 0.6 is 0 Å². The van der Waals surface area contributed by atoms with Crippen LogP contribution in [0.4, 0.5) is 0 Å². The van der Waals surface area contributed by atoms with Gasteiger partial charge >= 0.3 is 5.97 Å². The Morgan fingerprint density at radius 3 is 2.47 bits per heavy atom. The molecule has 1 aromatic heterocycles. The van der Waals surface area contributed by atoms with Gasteiger partial charge in [0.1, 0.15) is 0 Å². The predicted octanol–water partition coefficient (Wildman–Crippen LogP) is 1.85. The van der Waals surface area contributed by atoms with Gasteiger partial charge in [0, 0.05) is 17.8 Å². The molecule has 92 valence electrons. The molecule has 0 atom stereocenters. The van der Waals surface area contributed by atoms with Crippen LogP contribution in [-0.4, -0.2) is 29.3 Å². The summed E-state index contributed by atoms with van der Waals surface area (Å²) in [6.45, 7) is 5.14. The van der Waals surface area contributed by atoms with Gasteiger partial charge in [-0.3, -0.25) is 9.78 Å². The smallest absolute Gasteiger partial charge is 0.303 e. The van der Waals surface area contributed by atoms with E-state index in [1.54, 1.807) is 12.4 Å². The number of ether oxygens (including phenoxy) is 1. The lowest BCUT2D eigenvalue weighted by Crippen LogP contribution is -2.57. The van der Waals surface area contributed by atoms with Gasteiger partial charge in [-0.2, -0.15) is 0 Å². The molecular weight excluding hydrogens is 218 g/mol. The molecule has 0 bridgehead atoms. The molecule has 17 heavy (non-hydrogen) atoms. The first kappa shape index (κ1) is 12.0. The molecule has 1 fully saturated rings. The van der Waals surface area contributed by atoms with Crippen LogP contribution in [0, 0.1) is 5.41 Å². The van der Waals surface area contributed by atoms with Gasteiger partial charge in [0.25, 0.3) is 0 Å². The van der Waals surface area contributed by atoms with Gasteiger partial charge in [0.2, 0.25) is 0 Å². The van der Waals surface area contributed by atoms with Crippen molar-refractivity contribution in [2.24, 2.45) is 5.41 Å². The Morgan fingerprint density at radius 1 is 1.47 bits per heavy atom. The third-order valence-corrected chi connectivity index (χ3v) is 3.82. The summed E-state index contributed by atoms with van der Waals surface area (Å²) in [5.74, 6) is -0.768. The Kier molecular flexibility index (Phi) is 2.91. The van der Waals surface area contributed by atoms with Crippen LogP contribution in [0.25, 0.3) is 0 Å². The lowest BCUT2D eigenvalue weighted by molar-refractivity contribution is -0.151. The molecule has 0 aromatic carbocycles. The summed E-state index contributed by atoms with van der Waals surface area (Å²) in [4.78, 5) is 15.0. The van der Waals surface area contributed by atoms with Crippen molar-refractivity contribution in [2.75, 3.05) is 13.2 Å². The van der Waals surface area contributed by atoms with Crippen LogP contribution in [0.2, 0.25) is 0 Å². The van der Waals surface area contributed by atoms with Crippen molar-refractivity contribution in [3.05, 3.63) is 30.1 Å². The molecule has 4 nitrogen and oxygen atoms in total. The van der Waals surface area contributed by atoms with E-state index in [0.29, 0.717) is 13.2 Å². The van der Waals surface area contributed by atoms with E-state index in [0.717, 1.165) is 5.56 Å². The number of carboxylic acids is 1. The molecule has 0 aliphatic carbocycles. The molecule has 1 aromatic rings. The second-order valence-electron chi connectivity index (χ2n) is 5.27. The van der Waals surface area contributed by atoms with Gasteiger partial charge in [0.15, 0.2) is 0 Å². The fraction of sp³-hybridized carbons (Fsp3) is 0.538. The number of aliphatic carboxylic acids is 1. The lowest BCUT2D eigenvalue weighted by Gasteiger charge is -2.52. The van der Waals surface area contributed by atoms with E-state index in [1.165, 1.54) is 0 Å². The maximum absolute atomic E-state index is 11.0. The number of hydrogen-bond donors (Lipinski definition) is 1. The molecule has 1 N–H and O–H groups in total. The van der Waals surface area contributed by atoms with E-state index in [-0.39, 0.29) is 17.3 Å². The van der Waals surface area contributed by atoms with Crippen molar-refractivity contribution >= 4 is 5.97 Å². The third kappa shape index (κ3) is 1.93. The molecule has 0 spiro atoms. The minimum Gasteiger partial charge on any atom is -0.481 e. The number of rotatable bonds is 4. The van der Waals surface area contributed by atoms with E-state index in [9.17, 15) is 4.79 Å². The molecule has 0 amide bonds. The summed E-state index contributed by atoms with van der Waals surface area (Å²) < 4.78 is 5.35. The fourth-order valence-corrected chi connectivity index (χ4v) is 2.47. The van der Waals surface area contributed by atoms with Crippen LogP contribution in [-0.2, 0) is 14.9 Å². The second-order valence-corrected chi connectivity index (χ2v) is 5.27. The topological polar surface area (TPSA) is 59.4 Å². The maximum atomic E-state index is 11.0. The molecule has 4 heteroatoms. The van der Waals surface area contributed by atoms with Crippen molar-refractivity contribution in [3.63, 3.8) is 0 Å². The zero-order valence-electron chi connectivity index (χ0n) is 10.1. The highest BCUT2D eigenvalue weighted by Gasteiger charge is 2.52. The number of carbonyl (C=O) groups is 1. The zero-order valence-corrected chi connectivity index (χ0v) is 10.1. The Balaban J connectivity index is 2.35. The summed E-state index contributed by atoms with van der Waals surface area (Å²) in [6.07, 6.45) is 3.62. The molecular formula is C13H17NO3. The minimum atomic E-state index is -0.768. The van der Waals surface area contributed by atoms with Crippen LogP contribution in [0.15, 0.2) is 24.5 Å². The van der Waals surface area contributed by atoms with Crippen LogP contribution < -0.4 is 0 Å². The predicted molar refractivity (Wildman–Crippen MR) is 62.8 cm³/mol. The first-order valence-electron chi connectivity index (χ1n) is 5.68. The normalized spacial score (nSPS) is 18.5. The van der Waals surface area contributed by atoms with Crippen molar-refractivity contribution in [1.29, 1.82) is 0 Å². The maximum Gasteiger partial charge on any atom is 0.303 e. The molecule has 0 saturated carbocycles. The zero-order chi connectivity index (χ0) is 12.5. The highest BCUT2D eigenvalue weighted by atomic mass is 16.5. The first-order chi connectivity index (χ1) is 7.98. The number of hydrogen-bond acceptors (Lipinski definition) is 3. The third-order valence-electron chi connectivity index (χ3n) is 3.82. The monoisotopic (exact) mass is 235 g/mol. The van der Waals surface area contributed by atoms with Crippen molar-refractivity contribution < 1.29 is 14.6 Å². The molecule has 1 aliphatic rings. The SMILES string of the molecule is CC(C)(CC(=O)O)C1(c2ccncc2)COC1. The standard InChI is InChI=1S/C13H17NO3/c1-12(2,7-11(15)16)13(8-17-9-13)10-3-5-14-6-4-10/h3-6H,7-9H2,1-2H3,(H,15,16). The van der Waals surface area contributed by atoms with Gasteiger partial charge in [-0.1, -0.05) is 13.8 Å². The summed E-state index contributed by atoms with van der Waals surface area (Å²) >= 11 is 0. The molecule has 1 aliphatic heterocycles. The molecule has 0 radical (unpaired) electrons. The van der Waals surface area contributed by atoms with Crippen molar-refractivity contribution in [2.45, 2.75) is 25.7 Å². The first-order valence-corrected chi connectivity index (χ1v) is 5.68. The molecule has 2 rings (SSSR count). The highest BCUT2D eigenvalue weighted by Crippen LogP contribution is 2.49. The van der Waals surface area contributed by atoms with Gasteiger partial charge in [-0.25, -0.2) is 0 Å². The molecule has 0 unspecified atom stereocenters. The van der Waals surface area contributed by atoms with E-state index in [1.807, 2.05) is 26.0 Å². The Morgan fingerprint density at radius 2 is 2.06 bits per heavy atom. The average molecular weight is 235 g/mol. The lowest BCUT2D eigenvalue weighted by atomic mass is 9.59.